The molecule has 1 heterocycles. The number of anilines is 1. The summed E-state index contributed by atoms with van der Waals surface area (Å²) in [6, 6.07) is 14.1. The normalized spacial score (nSPS) is 11.0. The molecule has 0 N–H and O–H groups in total. The van der Waals surface area contributed by atoms with Crippen molar-refractivity contribution in [3.8, 4) is 0 Å². The number of fused-ring (bicyclic) bond motifs is 1. The fourth-order valence-electron chi connectivity index (χ4n) is 3.27. The van der Waals surface area contributed by atoms with Crippen LogP contribution in [0.3, 0.4) is 0 Å². The van der Waals surface area contributed by atoms with Gasteiger partial charge < -0.3 is 4.90 Å². The van der Waals surface area contributed by atoms with Crippen molar-refractivity contribution in [3.05, 3.63) is 53.6 Å². The molecule has 0 spiro atoms. The summed E-state index contributed by atoms with van der Waals surface area (Å²) in [7, 11) is 0. The lowest BCUT2D eigenvalue weighted by atomic mass is 10.2. The van der Waals surface area contributed by atoms with Crippen LogP contribution in [0.4, 0.5) is 5.13 Å². The van der Waals surface area contributed by atoms with E-state index in [1.165, 1.54) is 4.90 Å². The van der Waals surface area contributed by atoms with Gasteiger partial charge in [0.25, 0.3) is 5.91 Å². The number of aromatic nitrogens is 1. The largest absolute Gasteiger partial charge is 0.302 e. The van der Waals surface area contributed by atoms with Gasteiger partial charge in [-0.2, -0.15) is 0 Å². The lowest BCUT2D eigenvalue weighted by Gasteiger charge is -2.24. The highest BCUT2D eigenvalue weighted by atomic mass is 35.5. The number of para-hydroxylation sites is 1. The van der Waals surface area contributed by atoms with Gasteiger partial charge in [0.1, 0.15) is 0 Å². The molecule has 0 aliphatic rings. The smallest absolute Gasteiger partial charge is 0.260 e. The summed E-state index contributed by atoms with van der Waals surface area (Å²) in [6.07, 6.45) is 0. The van der Waals surface area contributed by atoms with E-state index in [0.717, 1.165) is 46.3 Å². The van der Waals surface area contributed by atoms with Crippen LogP contribution in [-0.2, 0) is 0 Å². The minimum absolute atomic E-state index is 0. The third kappa shape index (κ3) is 5.76. The van der Waals surface area contributed by atoms with Crippen LogP contribution in [0.25, 0.3) is 10.2 Å². The fourth-order valence-corrected chi connectivity index (χ4v) is 5.00. The average Bonchev–Trinajstić information content (AvgIpc) is 3.17. The van der Waals surface area contributed by atoms with Crippen molar-refractivity contribution in [1.29, 1.82) is 0 Å². The minimum atomic E-state index is 0. The Labute approximate surface area is 194 Å². The summed E-state index contributed by atoms with van der Waals surface area (Å²) in [5.74, 6) is 1.04. The van der Waals surface area contributed by atoms with E-state index >= 15 is 0 Å². The number of nitrogens with zero attached hydrogens (tertiary/aromatic N) is 3. The molecule has 0 atom stereocenters. The summed E-state index contributed by atoms with van der Waals surface area (Å²) in [5.41, 5.74) is 2.84. The van der Waals surface area contributed by atoms with Crippen LogP contribution < -0.4 is 4.90 Å². The average molecular weight is 464 g/mol. The number of halogens is 1. The lowest BCUT2D eigenvalue weighted by molar-refractivity contribution is 0.0983. The SMILES string of the molecule is CCSc1ccc(C(=O)N(CCN(CC)CC)c2nc3c(C)cccc3s2)cc1.Cl. The summed E-state index contributed by atoms with van der Waals surface area (Å²) in [4.78, 5) is 23.6. The van der Waals surface area contributed by atoms with Crippen molar-refractivity contribution in [1.82, 2.24) is 9.88 Å². The van der Waals surface area contributed by atoms with Gasteiger partial charge in [0.05, 0.1) is 10.2 Å². The Balaban J connectivity index is 0.00000320. The van der Waals surface area contributed by atoms with Crippen molar-refractivity contribution < 1.29 is 4.79 Å². The van der Waals surface area contributed by atoms with Gasteiger partial charge in [-0.25, -0.2) is 4.98 Å². The van der Waals surface area contributed by atoms with Crippen LogP contribution in [0.1, 0.15) is 36.7 Å². The first kappa shape index (κ1) is 24.7. The standard InChI is InChI=1S/C23H29N3OS2.ClH/c1-5-25(6-2)15-16-26(22(27)18-11-13-19(14-12-18)28-7-3)23-24-21-17(4)9-8-10-20(21)29-23;/h8-14H,5-7,15-16H2,1-4H3;1H. The number of amides is 1. The zero-order valence-electron chi connectivity index (χ0n) is 18.1. The van der Waals surface area contributed by atoms with Gasteiger partial charge >= 0.3 is 0 Å². The number of hydrogen-bond acceptors (Lipinski definition) is 5. The van der Waals surface area contributed by atoms with Crippen LogP contribution in [0.2, 0.25) is 0 Å². The van der Waals surface area contributed by atoms with Crippen LogP contribution in [0, 0.1) is 6.92 Å². The van der Waals surface area contributed by atoms with Crippen LogP contribution in [-0.4, -0.2) is 47.7 Å². The van der Waals surface area contributed by atoms with Gasteiger partial charge in [0.2, 0.25) is 0 Å². The van der Waals surface area contributed by atoms with E-state index in [0.29, 0.717) is 12.1 Å². The molecule has 7 heteroatoms. The van der Waals surface area contributed by atoms with Gasteiger partial charge in [0.15, 0.2) is 5.13 Å². The molecule has 0 radical (unpaired) electrons. The molecule has 0 aliphatic heterocycles. The number of thioether (sulfide) groups is 1. The lowest BCUT2D eigenvalue weighted by Crippen LogP contribution is -2.38. The molecule has 2 aromatic carbocycles. The number of hydrogen-bond donors (Lipinski definition) is 0. The second kappa shape index (κ2) is 11.7. The third-order valence-corrected chi connectivity index (χ3v) is 6.97. The maximum Gasteiger partial charge on any atom is 0.260 e. The second-order valence-corrected chi connectivity index (χ2v) is 9.21. The molecule has 162 valence electrons. The maximum absolute atomic E-state index is 13.4. The fraction of sp³-hybridized carbons (Fsp3) is 0.391. The second-order valence-electron chi connectivity index (χ2n) is 6.86. The molecule has 3 rings (SSSR count). The van der Waals surface area contributed by atoms with E-state index in [2.05, 4.69) is 44.7 Å². The molecule has 1 amide bonds. The van der Waals surface area contributed by atoms with E-state index in [4.69, 9.17) is 4.98 Å². The minimum Gasteiger partial charge on any atom is -0.302 e. The highest BCUT2D eigenvalue weighted by molar-refractivity contribution is 7.99. The van der Waals surface area contributed by atoms with Gasteiger partial charge in [-0.05, 0) is 61.7 Å². The molecule has 4 nitrogen and oxygen atoms in total. The number of rotatable bonds is 9. The Kier molecular flexibility index (Phi) is 9.62. The molecule has 1 aromatic heterocycles. The monoisotopic (exact) mass is 463 g/mol. The van der Waals surface area contributed by atoms with E-state index in [1.54, 1.807) is 23.1 Å². The first-order valence-corrected chi connectivity index (χ1v) is 12.0. The summed E-state index contributed by atoms with van der Waals surface area (Å²) in [6.45, 7) is 11.9. The first-order valence-electron chi connectivity index (χ1n) is 10.2. The van der Waals surface area contributed by atoms with Gasteiger partial charge in [0, 0.05) is 23.5 Å². The van der Waals surface area contributed by atoms with Crippen LogP contribution in [0.15, 0.2) is 47.4 Å². The maximum atomic E-state index is 13.4. The molecule has 0 saturated heterocycles. The zero-order chi connectivity index (χ0) is 20.8. The zero-order valence-corrected chi connectivity index (χ0v) is 20.5. The van der Waals surface area contributed by atoms with Crippen molar-refractivity contribution in [2.24, 2.45) is 0 Å². The molecule has 0 aliphatic carbocycles. The number of carbonyl (C=O) groups excluding carboxylic acids is 1. The molecular weight excluding hydrogens is 434 g/mol. The van der Waals surface area contributed by atoms with Crippen molar-refractivity contribution in [2.45, 2.75) is 32.6 Å². The highest BCUT2D eigenvalue weighted by Gasteiger charge is 2.22. The Morgan fingerprint density at radius 2 is 1.73 bits per heavy atom. The number of thiazole rings is 1. The summed E-state index contributed by atoms with van der Waals surface area (Å²) < 4.78 is 1.12. The number of likely N-dealkylation sites (N-methyl/N-ethyl adjacent to an activating group) is 1. The quantitative estimate of drug-likeness (QED) is 0.358. The Morgan fingerprint density at radius 1 is 1.03 bits per heavy atom. The predicted octanol–water partition coefficient (Wildman–Crippen LogP) is 6.13. The molecule has 0 saturated carbocycles. The Hall–Kier alpha value is -1.60. The van der Waals surface area contributed by atoms with Gasteiger partial charge in [-0.1, -0.05) is 44.2 Å². The molecule has 0 bridgehead atoms. The van der Waals surface area contributed by atoms with E-state index in [9.17, 15) is 4.79 Å². The Morgan fingerprint density at radius 3 is 2.33 bits per heavy atom. The molecular formula is C23H30ClN3OS2. The van der Waals surface area contributed by atoms with Crippen molar-refractivity contribution in [3.63, 3.8) is 0 Å². The van der Waals surface area contributed by atoms with Crippen molar-refractivity contribution >= 4 is 56.8 Å². The van der Waals surface area contributed by atoms with Crippen LogP contribution in [0.5, 0.6) is 0 Å². The summed E-state index contributed by atoms with van der Waals surface area (Å²) in [5, 5.41) is 0.776. The summed E-state index contributed by atoms with van der Waals surface area (Å²) >= 11 is 3.38. The molecule has 0 unspecified atom stereocenters. The molecule has 30 heavy (non-hydrogen) atoms. The number of benzene rings is 2. The van der Waals surface area contributed by atoms with Crippen LogP contribution >= 0.6 is 35.5 Å². The first-order chi connectivity index (χ1) is 14.1. The van der Waals surface area contributed by atoms with E-state index in [-0.39, 0.29) is 18.3 Å². The highest BCUT2D eigenvalue weighted by Crippen LogP contribution is 2.31. The Bertz CT molecular complexity index is 955. The number of carbonyl (C=O) groups is 1. The molecule has 3 aromatic rings. The molecule has 0 fully saturated rings. The third-order valence-electron chi connectivity index (χ3n) is 5.03. The van der Waals surface area contributed by atoms with E-state index < -0.39 is 0 Å². The number of aryl methyl sites for hydroxylation is 1. The van der Waals surface area contributed by atoms with Gasteiger partial charge in [-0.3, -0.25) is 9.69 Å². The van der Waals surface area contributed by atoms with E-state index in [1.807, 2.05) is 35.2 Å². The van der Waals surface area contributed by atoms with Crippen molar-refractivity contribution in [2.75, 3.05) is 36.8 Å². The predicted molar refractivity (Wildman–Crippen MR) is 134 cm³/mol. The van der Waals surface area contributed by atoms with Gasteiger partial charge in [-0.15, -0.1) is 24.2 Å². The topological polar surface area (TPSA) is 36.4 Å².